The van der Waals surface area contributed by atoms with E-state index in [-0.39, 0.29) is 6.04 Å². The fourth-order valence-corrected chi connectivity index (χ4v) is 0.799. The first kappa shape index (κ1) is 8.96. The van der Waals surface area contributed by atoms with Gasteiger partial charge in [0.15, 0.2) is 0 Å². The molecule has 0 aliphatic heterocycles. The lowest BCUT2D eigenvalue weighted by Crippen LogP contribution is -2.26. The molecule has 0 aliphatic carbocycles. The molecule has 1 N–H and O–H groups in total. The molecule has 1 atom stereocenters. The molecule has 0 rings (SSSR count). The number of rotatable bonds is 5. The highest BCUT2D eigenvalue weighted by atomic mass is 16.1. The third-order valence-corrected chi connectivity index (χ3v) is 1.28. The van der Waals surface area contributed by atoms with E-state index in [2.05, 4.69) is 5.32 Å². The van der Waals surface area contributed by atoms with Gasteiger partial charge in [-0.05, 0) is 6.42 Å². The fraction of sp³-hybridized carbons (Fsp3) is 0.714. The van der Waals surface area contributed by atoms with Crippen LogP contribution in [-0.2, 0) is 4.79 Å². The first-order valence-corrected chi connectivity index (χ1v) is 3.41. The first-order valence-electron chi connectivity index (χ1n) is 3.41. The van der Waals surface area contributed by atoms with E-state index in [1.54, 1.807) is 0 Å². The smallest absolute Gasteiger partial charge is 0.207 e. The number of nitrogens with one attached hydrogen (secondary N) is 1. The molecule has 3 heteroatoms. The van der Waals surface area contributed by atoms with Gasteiger partial charge < -0.3 is 5.32 Å². The SMILES string of the molecule is CCCC(CC#N)NC=O. The zero-order chi connectivity index (χ0) is 7.82. The quantitative estimate of drug-likeness (QED) is 0.574. The van der Waals surface area contributed by atoms with E-state index < -0.39 is 0 Å². The van der Waals surface area contributed by atoms with E-state index in [0.29, 0.717) is 12.8 Å². The third kappa shape index (κ3) is 3.90. The molecule has 3 nitrogen and oxygen atoms in total. The molecular weight excluding hydrogens is 128 g/mol. The Labute approximate surface area is 61.0 Å². The molecular formula is C7H12N2O. The average Bonchev–Trinajstić information content (AvgIpc) is 1.90. The van der Waals surface area contributed by atoms with Gasteiger partial charge in [0.2, 0.25) is 6.41 Å². The molecule has 0 fully saturated rings. The van der Waals surface area contributed by atoms with Gasteiger partial charge in [-0.1, -0.05) is 13.3 Å². The molecule has 10 heavy (non-hydrogen) atoms. The summed E-state index contributed by atoms with van der Waals surface area (Å²) < 4.78 is 0. The second kappa shape index (κ2) is 6.09. The number of carbonyl (C=O) groups is 1. The Bertz CT molecular complexity index is 128. The standard InChI is InChI=1S/C7H12N2O/c1-2-3-7(4-5-8)9-6-10/h6-7H,2-4H2,1H3,(H,9,10). The molecule has 0 aliphatic rings. The van der Waals surface area contributed by atoms with Crippen molar-refractivity contribution >= 4 is 6.41 Å². The largest absolute Gasteiger partial charge is 0.355 e. The Balaban J connectivity index is 3.51. The highest BCUT2D eigenvalue weighted by molar-refractivity contribution is 5.46. The van der Waals surface area contributed by atoms with Gasteiger partial charge in [-0.25, -0.2) is 0 Å². The maximum absolute atomic E-state index is 9.94. The van der Waals surface area contributed by atoms with Gasteiger partial charge in [0.1, 0.15) is 0 Å². The molecule has 0 aromatic heterocycles. The first-order chi connectivity index (χ1) is 4.85. The average molecular weight is 140 g/mol. The number of hydrogen-bond donors (Lipinski definition) is 1. The lowest BCUT2D eigenvalue weighted by molar-refractivity contribution is -0.110. The Kier molecular flexibility index (Phi) is 5.45. The second-order valence-electron chi connectivity index (χ2n) is 2.13. The molecule has 0 bridgehead atoms. The molecule has 0 spiro atoms. The maximum Gasteiger partial charge on any atom is 0.207 e. The molecule has 0 saturated carbocycles. The van der Waals surface area contributed by atoms with Gasteiger partial charge in [-0.15, -0.1) is 0 Å². The summed E-state index contributed by atoms with van der Waals surface area (Å²) in [7, 11) is 0. The van der Waals surface area contributed by atoms with Crippen LogP contribution >= 0.6 is 0 Å². The third-order valence-electron chi connectivity index (χ3n) is 1.28. The van der Waals surface area contributed by atoms with Crippen molar-refractivity contribution in [2.45, 2.75) is 32.2 Å². The van der Waals surface area contributed by atoms with Crippen LogP contribution in [0.1, 0.15) is 26.2 Å². The maximum atomic E-state index is 9.94. The van der Waals surface area contributed by atoms with Gasteiger partial charge in [0, 0.05) is 6.04 Å². The second-order valence-corrected chi connectivity index (χ2v) is 2.13. The number of nitriles is 1. The summed E-state index contributed by atoms with van der Waals surface area (Å²) >= 11 is 0. The summed E-state index contributed by atoms with van der Waals surface area (Å²) in [6.07, 6.45) is 2.93. The number of nitrogens with zero attached hydrogens (tertiary/aromatic N) is 1. The van der Waals surface area contributed by atoms with Crippen molar-refractivity contribution in [3.8, 4) is 6.07 Å². The van der Waals surface area contributed by atoms with Crippen molar-refractivity contribution < 1.29 is 4.79 Å². The van der Waals surface area contributed by atoms with Crippen molar-refractivity contribution in [1.82, 2.24) is 5.32 Å². The number of amides is 1. The van der Waals surface area contributed by atoms with Gasteiger partial charge in [0.05, 0.1) is 12.5 Å². The van der Waals surface area contributed by atoms with Crippen molar-refractivity contribution in [2.75, 3.05) is 0 Å². The summed E-state index contributed by atoms with van der Waals surface area (Å²) in [6.45, 7) is 2.02. The van der Waals surface area contributed by atoms with Crippen LogP contribution in [0.15, 0.2) is 0 Å². The monoisotopic (exact) mass is 140 g/mol. The van der Waals surface area contributed by atoms with Crippen molar-refractivity contribution in [3.63, 3.8) is 0 Å². The van der Waals surface area contributed by atoms with E-state index in [0.717, 1.165) is 12.8 Å². The van der Waals surface area contributed by atoms with Crippen LogP contribution in [0.3, 0.4) is 0 Å². The molecule has 0 heterocycles. The highest BCUT2D eigenvalue weighted by Crippen LogP contribution is 1.98. The normalized spacial score (nSPS) is 11.6. The minimum atomic E-state index is 0.0486. The highest BCUT2D eigenvalue weighted by Gasteiger charge is 2.03. The van der Waals surface area contributed by atoms with E-state index in [9.17, 15) is 4.79 Å². The summed E-state index contributed by atoms with van der Waals surface area (Å²) in [6, 6.07) is 2.06. The Morgan fingerprint density at radius 1 is 1.80 bits per heavy atom. The van der Waals surface area contributed by atoms with E-state index in [1.807, 2.05) is 13.0 Å². The van der Waals surface area contributed by atoms with Gasteiger partial charge in [-0.3, -0.25) is 4.79 Å². The summed E-state index contributed by atoms with van der Waals surface area (Å²) in [5, 5.41) is 10.9. The van der Waals surface area contributed by atoms with Crippen LogP contribution in [0.5, 0.6) is 0 Å². The molecule has 1 amide bonds. The van der Waals surface area contributed by atoms with E-state index in [1.165, 1.54) is 0 Å². The zero-order valence-electron chi connectivity index (χ0n) is 6.13. The Morgan fingerprint density at radius 3 is 2.90 bits per heavy atom. The van der Waals surface area contributed by atoms with Gasteiger partial charge in [-0.2, -0.15) is 5.26 Å². The van der Waals surface area contributed by atoms with Crippen LogP contribution in [0, 0.1) is 11.3 Å². The van der Waals surface area contributed by atoms with Crippen LogP contribution in [0.4, 0.5) is 0 Å². The van der Waals surface area contributed by atoms with Gasteiger partial charge in [0.25, 0.3) is 0 Å². The Morgan fingerprint density at radius 2 is 2.50 bits per heavy atom. The Hall–Kier alpha value is -1.04. The van der Waals surface area contributed by atoms with Crippen LogP contribution in [0.2, 0.25) is 0 Å². The molecule has 0 saturated heterocycles. The van der Waals surface area contributed by atoms with Crippen molar-refractivity contribution in [3.05, 3.63) is 0 Å². The zero-order valence-corrected chi connectivity index (χ0v) is 6.13. The van der Waals surface area contributed by atoms with Crippen molar-refractivity contribution in [2.24, 2.45) is 0 Å². The van der Waals surface area contributed by atoms with E-state index >= 15 is 0 Å². The molecule has 56 valence electrons. The number of carbonyl (C=O) groups excluding carboxylic acids is 1. The predicted molar refractivity (Wildman–Crippen MR) is 38.1 cm³/mol. The summed E-state index contributed by atoms with van der Waals surface area (Å²) in [5.74, 6) is 0. The van der Waals surface area contributed by atoms with Gasteiger partial charge >= 0.3 is 0 Å². The van der Waals surface area contributed by atoms with Crippen LogP contribution in [0.25, 0.3) is 0 Å². The molecule has 1 unspecified atom stereocenters. The lowest BCUT2D eigenvalue weighted by atomic mass is 10.1. The molecule has 0 aromatic rings. The van der Waals surface area contributed by atoms with E-state index in [4.69, 9.17) is 5.26 Å². The molecule has 0 radical (unpaired) electrons. The lowest BCUT2D eigenvalue weighted by Gasteiger charge is -2.09. The topological polar surface area (TPSA) is 52.9 Å². The molecule has 0 aromatic carbocycles. The number of hydrogen-bond acceptors (Lipinski definition) is 2. The van der Waals surface area contributed by atoms with Crippen LogP contribution < -0.4 is 5.32 Å². The minimum Gasteiger partial charge on any atom is -0.355 e. The fourth-order valence-electron chi connectivity index (χ4n) is 0.799. The minimum absolute atomic E-state index is 0.0486. The summed E-state index contributed by atoms with van der Waals surface area (Å²) in [5.41, 5.74) is 0. The predicted octanol–water partition coefficient (Wildman–Crippen LogP) is 0.815. The summed E-state index contributed by atoms with van der Waals surface area (Å²) in [4.78, 5) is 9.94. The van der Waals surface area contributed by atoms with Crippen molar-refractivity contribution in [1.29, 1.82) is 5.26 Å². The van der Waals surface area contributed by atoms with Crippen LogP contribution in [-0.4, -0.2) is 12.5 Å².